The van der Waals surface area contributed by atoms with Gasteiger partial charge < -0.3 is 14.0 Å². The normalized spacial score (nSPS) is 16.7. The molecule has 3 rings (SSSR count). The van der Waals surface area contributed by atoms with E-state index in [-0.39, 0.29) is 0 Å². The maximum absolute atomic E-state index is 5.37. The first kappa shape index (κ1) is 5.94. The van der Waals surface area contributed by atoms with E-state index in [9.17, 15) is 0 Å². The van der Waals surface area contributed by atoms with Gasteiger partial charge in [-0.3, -0.25) is 0 Å². The third kappa shape index (κ3) is 0.605. The highest BCUT2D eigenvalue weighted by Gasteiger charge is 2.10. The van der Waals surface area contributed by atoms with Crippen molar-refractivity contribution in [3.8, 4) is 5.75 Å². The van der Waals surface area contributed by atoms with Crippen LogP contribution in [0, 0.1) is 0 Å². The third-order valence-electron chi connectivity index (χ3n) is 2.06. The van der Waals surface area contributed by atoms with E-state index in [1.807, 2.05) is 16.8 Å². The van der Waals surface area contributed by atoms with Gasteiger partial charge in [0.2, 0.25) is 0 Å². The van der Waals surface area contributed by atoms with Gasteiger partial charge in [0.15, 0.2) is 0 Å². The van der Waals surface area contributed by atoms with E-state index < -0.39 is 0 Å². The standard InChI is InChI=1S/C9H7NO2/c1-3-12-9-5-7-6-11-4-2-10(7)8(1)9/h1-2,4-6H,3H2. The Morgan fingerprint density at radius 1 is 1.42 bits per heavy atom. The summed E-state index contributed by atoms with van der Waals surface area (Å²) < 4.78 is 12.4. The molecule has 12 heavy (non-hydrogen) atoms. The van der Waals surface area contributed by atoms with Gasteiger partial charge in [-0.1, -0.05) is 0 Å². The highest BCUT2D eigenvalue weighted by atomic mass is 16.5. The Morgan fingerprint density at radius 2 is 2.42 bits per heavy atom. The van der Waals surface area contributed by atoms with Crippen LogP contribution in [0.5, 0.6) is 5.75 Å². The lowest BCUT2D eigenvalue weighted by Crippen LogP contribution is -2.23. The fraction of sp³-hybridized carbons (Fsp3) is 0.111. The van der Waals surface area contributed by atoms with Gasteiger partial charge in [0, 0.05) is 12.3 Å². The Balaban J connectivity index is 2.48. The minimum Gasteiger partial charge on any atom is -0.487 e. The Kier molecular flexibility index (Phi) is 0.961. The second kappa shape index (κ2) is 1.94. The monoisotopic (exact) mass is 161 g/mol. The molecule has 0 N–H and O–H groups in total. The lowest BCUT2D eigenvalue weighted by atomic mass is 10.5. The van der Waals surface area contributed by atoms with Crippen molar-refractivity contribution in [1.29, 1.82) is 0 Å². The molecule has 0 unspecified atom stereocenters. The van der Waals surface area contributed by atoms with Crippen molar-refractivity contribution in [2.75, 3.05) is 6.61 Å². The number of fused-ring (bicyclic) bond motifs is 3. The minimum atomic E-state index is 0.680. The average molecular weight is 161 g/mol. The van der Waals surface area contributed by atoms with Gasteiger partial charge in [0.25, 0.3) is 0 Å². The van der Waals surface area contributed by atoms with E-state index in [0.717, 1.165) is 16.4 Å². The number of aromatic nitrogens is 1. The summed E-state index contributed by atoms with van der Waals surface area (Å²) in [6, 6.07) is 1.97. The van der Waals surface area contributed by atoms with Gasteiger partial charge >= 0.3 is 0 Å². The van der Waals surface area contributed by atoms with Gasteiger partial charge in [-0.15, -0.1) is 0 Å². The largest absolute Gasteiger partial charge is 0.487 e. The molecule has 0 amide bonds. The second-order valence-electron chi connectivity index (χ2n) is 2.74. The number of hydrogen-bond donors (Lipinski definition) is 0. The van der Waals surface area contributed by atoms with E-state index in [1.165, 1.54) is 0 Å². The van der Waals surface area contributed by atoms with Crippen LogP contribution in [0.15, 0.2) is 12.3 Å². The molecular weight excluding hydrogens is 154 g/mol. The first-order valence-corrected chi connectivity index (χ1v) is 3.82. The summed E-state index contributed by atoms with van der Waals surface area (Å²) in [4.78, 5) is 0. The van der Waals surface area contributed by atoms with Crippen LogP contribution in [0.3, 0.4) is 0 Å². The molecule has 0 spiro atoms. The summed E-state index contributed by atoms with van der Waals surface area (Å²) in [5.74, 6) is 0.941. The molecule has 0 aliphatic carbocycles. The Bertz CT molecular complexity index is 467. The van der Waals surface area contributed by atoms with Crippen molar-refractivity contribution in [2.45, 2.75) is 0 Å². The topological polar surface area (TPSA) is 23.4 Å². The number of rotatable bonds is 0. The number of ether oxygens (including phenoxy) is 2. The zero-order chi connectivity index (χ0) is 7.97. The molecule has 60 valence electrons. The lowest BCUT2D eigenvalue weighted by molar-refractivity contribution is 0.386. The summed E-state index contributed by atoms with van der Waals surface area (Å²) in [7, 11) is 0. The molecule has 0 aromatic carbocycles. The zero-order valence-corrected chi connectivity index (χ0v) is 6.36. The molecule has 0 radical (unpaired) electrons. The van der Waals surface area contributed by atoms with Gasteiger partial charge in [-0.05, 0) is 6.08 Å². The van der Waals surface area contributed by atoms with Crippen LogP contribution in [-0.4, -0.2) is 11.2 Å². The molecule has 1 aromatic rings. The van der Waals surface area contributed by atoms with E-state index in [4.69, 9.17) is 9.47 Å². The van der Waals surface area contributed by atoms with Crippen LogP contribution in [0.2, 0.25) is 0 Å². The van der Waals surface area contributed by atoms with Crippen molar-refractivity contribution >= 4 is 18.5 Å². The second-order valence-corrected chi connectivity index (χ2v) is 2.74. The van der Waals surface area contributed by atoms with Gasteiger partial charge in [-0.2, -0.15) is 0 Å². The predicted octanol–water partition coefficient (Wildman–Crippen LogP) is -0.143. The average Bonchev–Trinajstić information content (AvgIpc) is 2.62. The Hall–Kier alpha value is -1.64. The molecule has 3 nitrogen and oxygen atoms in total. The van der Waals surface area contributed by atoms with E-state index in [0.29, 0.717) is 6.61 Å². The maximum atomic E-state index is 5.37. The summed E-state index contributed by atoms with van der Waals surface area (Å²) in [5.41, 5.74) is 0. The van der Waals surface area contributed by atoms with Gasteiger partial charge in [0.05, 0.1) is 10.7 Å². The molecule has 0 fully saturated rings. The first-order valence-electron chi connectivity index (χ1n) is 3.82. The highest BCUT2D eigenvalue weighted by Crippen LogP contribution is 2.06. The predicted molar refractivity (Wildman–Crippen MR) is 44.5 cm³/mol. The van der Waals surface area contributed by atoms with Crippen LogP contribution in [-0.2, 0) is 4.74 Å². The van der Waals surface area contributed by atoms with Crippen molar-refractivity contribution in [2.24, 2.45) is 0 Å². The van der Waals surface area contributed by atoms with Gasteiger partial charge in [-0.25, -0.2) is 0 Å². The summed E-state index contributed by atoms with van der Waals surface area (Å²) >= 11 is 0. The smallest absolute Gasteiger partial charge is 0.145 e. The fourth-order valence-electron chi connectivity index (χ4n) is 1.52. The van der Waals surface area contributed by atoms with Crippen molar-refractivity contribution in [3.63, 3.8) is 0 Å². The third-order valence-corrected chi connectivity index (χ3v) is 2.06. The molecule has 2 aliphatic heterocycles. The summed E-state index contributed by atoms with van der Waals surface area (Å²) in [5, 5.41) is 2.15. The van der Waals surface area contributed by atoms with E-state index in [1.54, 1.807) is 12.5 Å². The molecule has 0 bridgehead atoms. The maximum Gasteiger partial charge on any atom is 0.145 e. The number of nitrogens with zero attached hydrogens (tertiary/aromatic N) is 1. The lowest BCUT2D eigenvalue weighted by Gasteiger charge is -2.00. The SMILES string of the molecule is C1=Cn2c(cc3c2=CCO3)=CO1. The van der Waals surface area contributed by atoms with Crippen LogP contribution in [0.4, 0.5) is 0 Å². The van der Waals surface area contributed by atoms with Crippen LogP contribution >= 0.6 is 0 Å². The van der Waals surface area contributed by atoms with Crippen molar-refractivity contribution in [3.05, 3.63) is 23.0 Å². The van der Waals surface area contributed by atoms with Crippen LogP contribution in [0.1, 0.15) is 0 Å². The Labute approximate surface area is 68.8 Å². The molecular formula is C9H7NO2. The minimum absolute atomic E-state index is 0.680. The van der Waals surface area contributed by atoms with Crippen LogP contribution in [0.25, 0.3) is 18.5 Å². The molecule has 0 saturated carbocycles. The molecule has 1 aromatic heterocycles. The van der Waals surface area contributed by atoms with Crippen LogP contribution < -0.4 is 15.4 Å². The molecule has 3 heterocycles. The van der Waals surface area contributed by atoms with Crippen molar-refractivity contribution in [1.82, 2.24) is 4.57 Å². The zero-order valence-electron chi connectivity index (χ0n) is 6.36. The highest BCUT2D eigenvalue weighted by molar-refractivity contribution is 5.45. The first-order chi connectivity index (χ1) is 5.95. The van der Waals surface area contributed by atoms with Crippen molar-refractivity contribution < 1.29 is 9.47 Å². The van der Waals surface area contributed by atoms with E-state index >= 15 is 0 Å². The molecule has 0 atom stereocenters. The summed E-state index contributed by atoms with van der Waals surface area (Å²) in [6.45, 7) is 0.680. The molecule has 2 aliphatic rings. The number of hydrogen-bond acceptors (Lipinski definition) is 2. The molecule has 3 heteroatoms. The van der Waals surface area contributed by atoms with E-state index in [2.05, 4.69) is 6.08 Å². The Morgan fingerprint density at radius 3 is 3.42 bits per heavy atom. The fourth-order valence-corrected chi connectivity index (χ4v) is 1.52. The quantitative estimate of drug-likeness (QED) is 0.528. The van der Waals surface area contributed by atoms with Gasteiger partial charge in [0.1, 0.15) is 24.9 Å². The summed E-state index contributed by atoms with van der Waals surface area (Å²) in [6.07, 6.45) is 7.30. The molecule has 0 saturated heterocycles.